The monoisotopic (exact) mass is 191 g/mol. The predicted molar refractivity (Wildman–Crippen MR) is 56.1 cm³/mol. The Morgan fingerprint density at radius 1 is 1.43 bits per heavy atom. The molecule has 1 heterocycles. The van der Waals surface area contributed by atoms with E-state index in [9.17, 15) is 4.79 Å². The first-order valence-electron chi connectivity index (χ1n) is 4.64. The number of benzene rings is 1. The maximum atomic E-state index is 11.1. The highest BCUT2D eigenvalue weighted by Gasteiger charge is 2.21. The average molecular weight is 191 g/mol. The number of primary amides is 1. The number of nitrogens with two attached hydrogens (primary N) is 2. The summed E-state index contributed by atoms with van der Waals surface area (Å²) in [5, 5.41) is 0. The molecule has 0 spiro atoms. The molecule has 0 unspecified atom stereocenters. The van der Waals surface area contributed by atoms with Crippen LogP contribution in [0, 0.1) is 0 Å². The number of hydrogen-bond acceptors (Lipinski definition) is 2. The highest BCUT2D eigenvalue weighted by Crippen LogP contribution is 2.30. The van der Waals surface area contributed by atoms with Crippen LogP contribution in [-0.4, -0.2) is 12.6 Å². The van der Waals surface area contributed by atoms with Crippen molar-refractivity contribution in [3.05, 3.63) is 23.8 Å². The highest BCUT2D eigenvalue weighted by molar-refractivity contribution is 5.93. The summed E-state index contributed by atoms with van der Waals surface area (Å²) in [5.41, 5.74) is 13.8. The molecule has 4 nitrogen and oxygen atoms in total. The summed E-state index contributed by atoms with van der Waals surface area (Å²) >= 11 is 0. The molecule has 0 saturated heterocycles. The van der Waals surface area contributed by atoms with Crippen molar-refractivity contribution in [1.29, 1.82) is 0 Å². The van der Waals surface area contributed by atoms with Gasteiger partial charge < -0.3 is 11.5 Å². The Kier molecular flexibility index (Phi) is 2.04. The molecule has 0 fully saturated rings. The van der Waals surface area contributed by atoms with Gasteiger partial charge in [-0.15, -0.1) is 0 Å². The maximum absolute atomic E-state index is 11.1. The Labute approximate surface area is 82.5 Å². The lowest BCUT2D eigenvalue weighted by atomic mass is 10.0. The SMILES string of the molecule is NC(=O)N1CCCc2c(N)cccc21. The Morgan fingerprint density at radius 2 is 2.21 bits per heavy atom. The molecule has 1 aromatic rings. The van der Waals surface area contributed by atoms with Crippen molar-refractivity contribution in [2.24, 2.45) is 5.73 Å². The number of hydrogen-bond donors (Lipinski definition) is 2. The lowest BCUT2D eigenvalue weighted by molar-refractivity contribution is 0.253. The van der Waals surface area contributed by atoms with Gasteiger partial charge in [0.1, 0.15) is 0 Å². The van der Waals surface area contributed by atoms with Crippen LogP contribution in [0.5, 0.6) is 0 Å². The zero-order chi connectivity index (χ0) is 10.1. The summed E-state index contributed by atoms with van der Waals surface area (Å²) in [6.07, 6.45) is 1.84. The van der Waals surface area contributed by atoms with E-state index in [1.165, 1.54) is 0 Å². The molecule has 1 aliphatic heterocycles. The second kappa shape index (κ2) is 3.21. The van der Waals surface area contributed by atoms with E-state index in [2.05, 4.69) is 0 Å². The molecule has 1 aliphatic rings. The van der Waals surface area contributed by atoms with Crippen molar-refractivity contribution in [3.8, 4) is 0 Å². The van der Waals surface area contributed by atoms with Gasteiger partial charge in [0.15, 0.2) is 0 Å². The van der Waals surface area contributed by atoms with Crippen LogP contribution in [0.3, 0.4) is 0 Å². The van der Waals surface area contributed by atoms with Crippen LogP contribution < -0.4 is 16.4 Å². The molecule has 0 aromatic heterocycles. The fourth-order valence-electron chi connectivity index (χ4n) is 1.88. The predicted octanol–water partition coefficient (Wildman–Crippen LogP) is 1.10. The molecule has 0 aliphatic carbocycles. The van der Waals surface area contributed by atoms with E-state index in [0.717, 1.165) is 29.8 Å². The van der Waals surface area contributed by atoms with Crippen molar-refractivity contribution >= 4 is 17.4 Å². The van der Waals surface area contributed by atoms with Gasteiger partial charge in [-0.1, -0.05) is 6.07 Å². The number of nitrogens with zero attached hydrogens (tertiary/aromatic N) is 1. The number of nitrogen functional groups attached to an aromatic ring is 1. The standard InChI is InChI=1S/C10H13N3O/c11-8-4-1-5-9-7(8)3-2-6-13(9)10(12)14/h1,4-5H,2-3,6,11H2,(H2,12,14). The summed E-state index contributed by atoms with van der Waals surface area (Å²) in [5.74, 6) is 0. The topological polar surface area (TPSA) is 72.4 Å². The maximum Gasteiger partial charge on any atom is 0.319 e. The highest BCUT2D eigenvalue weighted by atomic mass is 16.2. The third-order valence-corrected chi connectivity index (χ3v) is 2.55. The number of urea groups is 1. The Hall–Kier alpha value is -1.71. The number of fused-ring (bicyclic) bond motifs is 1. The van der Waals surface area contributed by atoms with Gasteiger partial charge in [-0.2, -0.15) is 0 Å². The van der Waals surface area contributed by atoms with E-state index in [4.69, 9.17) is 11.5 Å². The van der Waals surface area contributed by atoms with Crippen molar-refractivity contribution < 1.29 is 4.79 Å². The molecule has 0 saturated carbocycles. The quantitative estimate of drug-likeness (QED) is 0.603. The Bertz CT molecular complexity index is 376. The van der Waals surface area contributed by atoms with Gasteiger partial charge in [0.25, 0.3) is 0 Å². The largest absolute Gasteiger partial charge is 0.398 e. The summed E-state index contributed by atoms with van der Waals surface area (Å²) in [6.45, 7) is 0.686. The van der Waals surface area contributed by atoms with Crippen LogP contribution in [0.2, 0.25) is 0 Å². The third kappa shape index (κ3) is 1.28. The number of anilines is 2. The minimum absolute atomic E-state index is 0.406. The van der Waals surface area contributed by atoms with Crippen LogP contribution in [-0.2, 0) is 6.42 Å². The van der Waals surface area contributed by atoms with E-state index in [-0.39, 0.29) is 0 Å². The van der Waals surface area contributed by atoms with Crippen LogP contribution >= 0.6 is 0 Å². The molecule has 2 amide bonds. The van der Waals surface area contributed by atoms with Crippen molar-refractivity contribution in [1.82, 2.24) is 0 Å². The van der Waals surface area contributed by atoms with Crippen molar-refractivity contribution in [2.45, 2.75) is 12.8 Å². The van der Waals surface area contributed by atoms with Crippen LogP contribution in [0.4, 0.5) is 16.2 Å². The smallest absolute Gasteiger partial charge is 0.319 e. The zero-order valence-electron chi connectivity index (χ0n) is 7.86. The van der Waals surface area contributed by atoms with Gasteiger partial charge in [-0.25, -0.2) is 4.79 Å². The molecule has 14 heavy (non-hydrogen) atoms. The lowest BCUT2D eigenvalue weighted by Crippen LogP contribution is -2.39. The molecule has 1 aromatic carbocycles. The second-order valence-corrected chi connectivity index (χ2v) is 3.44. The van der Waals surface area contributed by atoms with E-state index in [0.29, 0.717) is 6.54 Å². The number of rotatable bonds is 0. The van der Waals surface area contributed by atoms with Crippen molar-refractivity contribution in [3.63, 3.8) is 0 Å². The second-order valence-electron chi connectivity index (χ2n) is 3.44. The lowest BCUT2D eigenvalue weighted by Gasteiger charge is -2.28. The fourth-order valence-corrected chi connectivity index (χ4v) is 1.88. The summed E-state index contributed by atoms with van der Waals surface area (Å²) < 4.78 is 0. The van der Waals surface area contributed by atoms with E-state index < -0.39 is 6.03 Å². The van der Waals surface area contributed by atoms with Crippen LogP contribution in [0.25, 0.3) is 0 Å². The van der Waals surface area contributed by atoms with Crippen LogP contribution in [0.15, 0.2) is 18.2 Å². The Balaban J connectivity index is 2.49. The molecule has 0 bridgehead atoms. The number of carbonyl (C=O) groups excluding carboxylic acids is 1. The first-order valence-corrected chi connectivity index (χ1v) is 4.64. The number of carbonyl (C=O) groups is 1. The molecule has 4 heteroatoms. The summed E-state index contributed by atoms with van der Waals surface area (Å²) in [4.78, 5) is 12.7. The number of amides is 2. The summed E-state index contributed by atoms with van der Waals surface area (Å²) in [7, 11) is 0. The van der Waals surface area contributed by atoms with Gasteiger partial charge in [0, 0.05) is 12.2 Å². The van der Waals surface area contributed by atoms with Gasteiger partial charge in [0.2, 0.25) is 0 Å². The van der Waals surface area contributed by atoms with Gasteiger partial charge >= 0.3 is 6.03 Å². The summed E-state index contributed by atoms with van der Waals surface area (Å²) in [6, 6.07) is 5.17. The zero-order valence-corrected chi connectivity index (χ0v) is 7.86. The fraction of sp³-hybridized carbons (Fsp3) is 0.300. The normalized spacial score (nSPS) is 15.0. The van der Waals surface area contributed by atoms with Crippen molar-refractivity contribution in [2.75, 3.05) is 17.2 Å². The minimum Gasteiger partial charge on any atom is -0.398 e. The Morgan fingerprint density at radius 3 is 2.93 bits per heavy atom. The van der Waals surface area contributed by atoms with E-state index in [1.807, 2.05) is 18.2 Å². The molecule has 0 radical (unpaired) electrons. The molecule has 4 N–H and O–H groups in total. The molecule has 2 rings (SSSR count). The van der Waals surface area contributed by atoms with Gasteiger partial charge in [-0.3, -0.25) is 4.90 Å². The van der Waals surface area contributed by atoms with Gasteiger partial charge in [0.05, 0.1) is 5.69 Å². The first kappa shape index (κ1) is 8.87. The van der Waals surface area contributed by atoms with E-state index in [1.54, 1.807) is 4.90 Å². The van der Waals surface area contributed by atoms with Gasteiger partial charge in [-0.05, 0) is 30.5 Å². The first-order chi connectivity index (χ1) is 6.70. The minimum atomic E-state index is -0.406. The molecule has 74 valence electrons. The molecular weight excluding hydrogens is 178 g/mol. The third-order valence-electron chi connectivity index (χ3n) is 2.55. The molecule has 0 atom stereocenters. The molecular formula is C10H13N3O. The van der Waals surface area contributed by atoms with Crippen LogP contribution in [0.1, 0.15) is 12.0 Å². The average Bonchev–Trinajstić information content (AvgIpc) is 2.17. The van der Waals surface area contributed by atoms with E-state index >= 15 is 0 Å².